The number of phenols is 1. The van der Waals surface area contributed by atoms with Crippen molar-refractivity contribution in [3.63, 3.8) is 0 Å². The van der Waals surface area contributed by atoms with Crippen LogP contribution < -0.4 is 4.74 Å². The monoisotopic (exact) mass is 354 g/mol. The third-order valence-corrected chi connectivity index (χ3v) is 3.22. The average Bonchev–Trinajstić information content (AvgIpc) is 2.66. The van der Waals surface area contributed by atoms with Gasteiger partial charge in [0, 0.05) is 0 Å². The molecule has 0 atom stereocenters. The van der Waals surface area contributed by atoms with Crippen LogP contribution in [0.25, 0.3) is 0 Å². The number of benzene rings is 2. The fraction of sp³-hybridized carbons (Fsp3) is 0.158. The number of hydrogen-bond acceptors (Lipinski definition) is 7. The van der Waals surface area contributed by atoms with Crippen molar-refractivity contribution in [3.8, 4) is 11.5 Å². The van der Waals surface area contributed by atoms with Crippen molar-refractivity contribution in [2.75, 3.05) is 6.61 Å². The van der Waals surface area contributed by atoms with Gasteiger partial charge in [0.1, 0.15) is 17.1 Å². The van der Waals surface area contributed by atoms with Crippen LogP contribution in [-0.2, 0) is 9.53 Å². The Morgan fingerprint density at radius 3 is 2.38 bits per heavy atom. The Morgan fingerprint density at radius 1 is 1.08 bits per heavy atom. The van der Waals surface area contributed by atoms with Crippen LogP contribution in [0.5, 0.6) is 11.5 Å². The maximum atomic E-state index is 11.9. The molecule has 0 heterocycles. The summed E-state index contributed by atoms with van der Waals surface area (Å²) in [6.45, 7) is 2.53. The van der Waals surface area contributed by atoms with E-state index in [2.05, 4.69) is 10.2 Å². The van der Waals surface area contributed by atoms with Gasteiger partial charge in [-0.15, -0.1) is 0 Å². The number of carbonyl (C=O) groups is 2. The van der Waals surface area contributed by atoms with Crippen molar-refractivity contribution in [2.45, 2.75) is 13.3 Å². The number of phenolic OH excluding ortho intramolecular Hbond substituents is 1. The quantitative estimate of drug-likeness (QED) is 0.340. The summed E-state index contributed by atoms with van der Waals surface area (Å²) in [5, 5.41) is 17.6. The van der Waals surface area contributed by atoms with Crippen molar-refractivity contribution in [2.24, 2.45) is 10.2 Å². The first-order chi connectivity index (χ1) is 12.6. The summed E-state index contributed by atoms with van der Waals surface area (Å²) >= 11 is 0. The Labute approximate surface area is 150 Å². The van der Waals surface area contributed by atoms with Gasteiger partial charge in [-0.1, -0.05) is 6.92 Å². The Bertz CT molecular complexity index is 813. The maximum Gasteiger partial charge on any atom is 0.341 e. The Morgan fingerprint density at radius 2 is 1.73 bits per heavy atom. The van der Waals surface area contributed by atoms with Crippen LogP contribution in [-0.4, -0.2) is 36.6 Å². The van der Waals surface area contributed by atoms with E-state index in [1.54, 1.807) is 30.3 Å². The molecule has 0 aromatic heterocycles. The van der Waals surface area contributed by atoms with Gasteiger partial charge in [0.2, 0.25) is 0 Å². The van der Waals surface area contributed by atoms with Gasteiger partial charge in [0.25, 0.3) is 6.47 Å². The van der Waals surface area contributed by atoms with E-state index in [1.165, 1.54) is 24.6 Å². The molecule has 0 fully saturated rings. The van der Waals surface area contributed by atoms with Gasteiger partial charge in [-0.25, -0.2) is 4.79 Å². The second kappa shape index (κ2) is 9.73. The molecule has 0 amide bonds. The summed E-state index contributed by atoms with van der Waals surface area (Å²) in [5.41, 5.74) is 1.45. The standard InChI is InChI=1S/C19H18N2O5/c1-2-9-25-19(24)17-10-15(5-8-18(17)23)12-21-20-11-14-3-6-16(7-4-14)26-13-22/h3-8,10-13,23H,2,9H2,1H3/b20-11+,21-12+. The topological polar surface area (TPSA) is 97.5 Å². The summed E-state index contributed by atoms with van der Waals surface area (Å²) in [4.78, 5) is 22.1. The third kappa shape index (κ3) is 5.55. The molecule has 7 heteroatoms. The normalized spacial score (nSPS) is 11.0. The summed E-state index contributed by atoms with van der Waals surface area (Å²) in [6.07, 6.45) is 3.68. The minimum Gasteiger partial charge on any atom is -0.507 e. The lowest BCUT2D eigenvalue weighted by Gasteiger charge is -2.05. The van der Waals surface area contributed by atoms with E-state index in [0.717, 1.165) is 5.56 Å². The fourth-order valence-electron chi connectivity index (χ4n) is 1.96. The average molecular weight is 354 g/mol. The van der Waals surface area contributed by atoms with E-state index in [0.29, 0.717) is 24.2 Å². The second-order valence-electron chi connectivity index (χ2n) is 5.18. The van der Waals surface area contributed by atoms with Gasteiger partial charge in [0.15, 0.2) is 0 Å². The summed E-state index contributed by atoms with van der Waals surface area (Å²) < 4.78 is 9.71. The lowest BCUT2D eigenvalue weighted by Crippen LogP contribution is -2.06. The fourth-order valence-corrected chi connectivity index (χ4v) is 1.96. The maximum absolute atomic E-state index is 11.9. The molecule has 0 saturated carbocycles. The van der Waals surface area contributed by atoms with Crippen LogP contribution in [0.15, 0.2) is 52.7 Å². The highest BCUT2D eigenvalue weighted by Gasteiger charge is 2.12. The van der Waals surface area contributed by atoms with Gasteiger partial charge < -0.3 is 14.6 Å². The van der Waals surface area contributed by atoms with E-state index in [1.807, 2.05) is 6.92 Å². The van der Waals surface area contributed by atoms with Crippen LogP contribution >= 0.6 is 0 Å². The third-order valence-electron chi connectivity index (χ3n) is 3.22. The van der Waals surface area contributed by atoms with E-state index >= 15 is 0 Å². The molecular formula is C19H18N2O5. The molecule has 0 saturated heterocycles. The Kier molecular flexibility index (Phi) is 7.05. The van der Waals surface area contributed by atoms with E-state index in [-0.39, 0.29) is 17.9 Å². The number of carbonyl (C=O) groups excluding carboxylic acids is 2. The highest BCUT2D eigenvalue weighted by Crippen LogP contribution is 2.19. The zero-order valence-corrected chi connectivity index (χ0v) is 14.2. The molecule has 26 heavy (non-hydrogen) atoms. The number of hydrogen-bond donors (Lipinski definition) is 1. The van der Waals surface area contributed by atoms with Gasteiger partial charge in [-0.2, -0.15) is 10.2 Å². The Balaban J connectivity index is 2.03. The lowest BCUT2D eigenvalue weighted by molar-refractivity contribution is -0.120. The minimum atomic E-state index is -0.583. The SMILES string of the molecule is CCCOC(=O)c1cc(/C=N/N=C/c2ccc(OC=O)cc2)ccc1O. The van der Waals surface area contributed by atoms with Gasteiger partial charge in [-0.05, 0) is 60.0 Å². The molecule has 0 unspecified atom stereocenters. The largest absolute Gasteiger partial charge is 0.507 e. The Hall–Kier alpha value is -3.48. The molecule has 0 aliphatic carbocycles. The molecule has 2 aromatic rings. The zero-order chi connectivity index (χ0) is 18.8. The highest BCUT2D eigenvalue weighted by molar-refractivity contribution is 5.95. The summed E-state index contributed by atoms with van der Waals surface area (Å²) in [5.74, 6) is -0.294. The summed E-state index contributed by atoms with van der Waals surface area (Å²) in [7, 11) is 0. The van der Waals surface area contributed by atoms with Crippen LogP contribution in [0.1, 0.15) is 34.8 Å². The molecule has 134 valence electrons. The number of aromatic hydroxyl groups is 1. The predicted octanol–water partition coefficient (Wildman–Crippen LogP) is 2.95. The van der Waals surface area contributed by atoms with E-state index < -0.39 is 5.97 Å². The number of ether oxygens (including phenoxy) is 2. The molecule has 0 spiro atoms. The van der Waals surface area contributed by atoms with E-state index in [4.69, 9.17) is 9.47 Å². The molecule has 2 aromatic carbocycles. The molecule has 7 nitrogen and oxygen atoms in total. The van der Waals surface area contributed by atoms with E-state index in [9.17, 15) is 14.7 Å². The zero-order valence-electron chi connectivity index (χ0n) is 14.2. The van der Waals surface area contributed by atoms with Crippen molar-refractivity contribution < 1.29 is 24.2 Å². The number of rotatable bonds is 8. The van der Waals surface area contributed by atoms with Gasteiger partial charge in [0.05, 0.1) is 19.0 Å². The first-order valence-corrected chi connectivity index (χ1v) is 7.91. The van der Waals surface area contributed by atoms with Gasteiger partial charge >= 0.3 is 5.97 Å². The molecule has 0 aliphatic rings. The highest BCUT2D eigenvalue weighted by atomic mass is 16.5. The first-order valence-electron chi connectivity index (χ1n) is 7.91. The predicted molar refractivity (Wildman–Crippen MR) is 97.0 cm³/mol. The van der Waals surface area contributed by atoms with Crippen molar-refractivity contribution in [1.82, 2.24) is 0 Å². The lowest BCUT2D eigenvalue weighted by atomic mass is 10.1. The smallest absolute Gasteiger partial charge is 0.341 e. The van der Waals surface area contributed by atoms with Crippen molar-refractivity contribution in [3.05, 3.63) is 59.2 Å². The van der Waals surface area contributed by atoms with Crippen LogP contribution in [0.4, 0.5) is 0 Å². The molecule has 2 rings (SSSR count). The summed E-state index contributed by atoms with van der Waals surface area (Å²) in [6, 6.07) is 11.2. The second-order valence-corrected chi connectivity index (χ2v) is 5.18. The van der Waals surface area contributed by atoms with Gasteiger partial charge in [-0.3, -0.25) is 4.79 Å². The number of nitrogens with zero attached hydrogens (tertiary/aromatic N) is 2. The van der Waals surface area contributed by atoms with Crippen molar-refractivity contribution in [1.29, 1.82) is 0 Å². The van der Waals surface area contributed by atoms with Crippen molar-refractivity contribution >= 4 is 24.9 Å². The van der Waals surface area contributed by atoms with Crippen LogP contribution in [0.3, 0.4) is 0 Å². The molecule has 0 radical (unpaired) electrons. The number of esters is 1. The molecule has 0 bridgehead atoms. The van der Waals surface area contributed by atoms with Crippen LogP contribution in [0, 0.1) is 0 Å². The first kappa shape index (κ1) is 18.9. The molecular weight excluding hydrogens is 336 g/mol. The van der Waals surface area contributed by atoms with Crippen LogP contribution in [0.2, 0.25) is 0 Å². The molecule has 1 N–H and O–H groups in total. The molecule has 0 aliphatic heterocycles. The minimum absolute atomic E-state index is 0.0807.